The fraction of sp³-hybridized carbons (Fsp3) is 0.867. The van der Waals surface area contributed by atoms with Crippen molar-refractivity contribution in [2.24, 2.45) is 5.41 Å². The van der Waals surface area contributed by atoms with Crippen LogP contribution in [0.15, 0.2) is 0 Å². The molecular weight excluding hydrogens is 256 g/mol. The van der Waals surface area contributed by atoms with Crippen LogP contribution >= 0.6 is 0 Å². The lowest BCUT2D eigenvalue weighted by atomic mass is 9.90. The molecule has 1 heterocycles. The lowest BCUT2D eigenvalue weighted by Gasteiger charge is -2.22. The number of carbonyl (C=O) groups is 2. The first-order valence-electron chi connectivity index (χ1n) is 7.27. The van der Waals surface area contributed by atoms with Crippen LogP contribution < -0.4 is 5.32 Å². The summed E-state index contributed by atoms with van der Waals surface area (Å²) < 4.78 is 5.48. The number of ketones is 1. The quantitative estimate of drug-likeness (QED) is 0.796. The van der Waals surface area contributed by atoms with Gasteiger partial charge in [0.05, 0.1) is 6.10 Å². The largest absolute Gasteiger partial charge is 0.368 e. The summed E-state index contributed by atoms with van der Waals surface area (Å²) in [7, 11) is 3.96. The predicted octanol–water partition coefficient (Wildman–Crippen LogP) is 1.22. The van der Waals surface area contributed by atoms with Gasteiger partial charge in [0.1, 0.15) is 12.6 Å². The second kappa shape index (κ2) is 7.18. The van der Waals surface area contributed by atoms with Crippen LogP contribution in [0.1, 0.15) is 40.0 Å². The highest BCUT2D eigenvalue weighted by molar-refractivity contribution is 5.91. The van der Waals surface area contributed by atoms with E-state index in [0.29, 0.717) is 6.42 Å². The summed E-state index contributed by atoms with van der Waals surface area (Å²) in [5.41, 5.74) is 0.123. The van der Waals surface area contributed by atoms with Crippen LogP contribution in [-0.4, -0.2) is 56.0 Å². The first kappa shape index (κ1) is 17.1. The van der Waals surface area contributed by atoms with Crippen molar-refractivity contribution in [1.29, 1.82) is 0 Å². The molecular formula is C15H28N2O3. The molecule has 1 aliphatic rings. The second-order valence-electron chi connectivity index (χ2n) is 7.01. The summed E-state index contributed by atoms with van der Waals surface area (Å²) >= 11 is 0. The summed E-state index contributed by atoms with van der Waals surface area (Å²) in [5, 5.41) is 2.84. The molecule has 1 N–H and O–H groups in total. The molecule has 0 aromatic carbocycles. The highest BCUT2D eigenvalue weighted by Gasteiger charge is 2.36. The lowest BCUT2D eigenvalue weighted by molar-refractivity contribution is -0.126. The van der Waals surface area contributed by atoms with Gasteiger partial charge in [-0.15, -0.1) is 0 Å². The van der Waals surface area contributed by atoms with Crippen molar-refractivity contribution in [3.05, 3.63) is 0 Å². The van der Waals surface area contributed by atoms with E-state index in [1.165, 1.54) is 0 Å². The van der Waals surface area contributed by atoms with Crippen LogP contribution in [0.5, 0.6) is 0 Å². The Morgan fingerprint density at radius 2 is 2.05 bits per heavy atom. The highest BCUT2D eigenvalue weighted by Crippen LogP contribution is 2.21. The maximum Gasteiger partial charge on any atom is 0.220 e. The number of carbonyl (C=O) groups excluding carboxylic acids is 2. The first-order chi connectivity index (χ1) is 9.19. The Labute approximate surface area is 122 Å². The van der Waals surface area contributed by atoms with Gasteiger partial charge < -0.3 is 15.0 Å². The van der Waals surface area contributed by atoms with E-state index >= 15 is 0 Å². The minimum atomic E-state index is -0.470. The number of hydrogen-bond acceptors (Lipinski definition) is 4. The van der Waals surface area contributed by atoms with Crippen molar-refractivity contribution < 1.29 is 14.3 Å². The molecule has 1 amide bonds. The average Bonchev–Trinajstić information content (AvgIpc) is 2.65. The number of amides is 1. The summed E-state index contributed by atoms with van der Waals surface area (Å²) in [4.78, 5) is 25.8. The molecule has 5 heteroatoms. The van der Waals surface area contributed by atoms with Gasteiger partial charge in [0, 0.05) is 13.0 Å². The Morgan fingerprint density at radius 3 is 2.60 bits per heavy atom. The van der Waals surface area contributed by atoms with Gasteiger partial charge in [0.15, 0.2) is 5.78 Å². The van der Waals surface area contributed by atoms with Gasteiger partial charge in [-0.25, -0.2) is 0 Å². The second-order valence-corrected chi connectivity index (χ2v) is 7.01. The Hall–Kier alpha value is -0.940. The van der Waals surface area contributed by atoms with E-state index in [2.05, 4.69) is 26.1 Å². The molecule has 0 spiro atoms. The minimum absolute atomic E-state index is 0.0159. The minimum Gasteiger partial charge on any atom is -0.368 e. The molecule has 1 aliphatic heterocycles. The van der Waals surface area contributed by atoms with Crippen molar-refractivity contribution in [3.63, 3.8) is 0 Å². The summed E-state index contributed by atoms with van der Waals surface area (Å²) in [6, 6.07) is -0.470. The molecule has 20 heavy (non-hydrogen) atoms. The van der Waals surface area contributed by atoms with Crippen molar-refractivity contribution in [2.75, 3.05) is 27.2 Å². The fourth-order valence-electron chi connectivity index (χ4n) is 2.13. The standard InChI is InChI=1S/C15H28N2O3/c1-15(2,3)8-6-13(19)16-14-11(18)10-20-12(14)7-9-17(4)5/h12,14H,6-10H2,1-5H3,(H,16,19). The molecule has 1 fully saturated rings. The number of nitrogens with one attached hydrogen (secondary N) is 1. The van der Waals surface area contributed by atoms with Crippen LogP contribution in [-0.2, 0) is 14.3 Å². The monoisotopic (exact) mass is 284 g/mol. The van der Waals surface area contributed by atoms with E-state index in [-0.39, 0.29) is 29.8 Å². The number of Topliss-reactive ketones (excluding diaryl/α,β-unsaturated/α-hetero) is 1. The van der Waals surface area contributed by atoms with E-state index in [9.17, 15) is 9.59 Å². The van der Waals surface area contributed by atoms with Crippen LogP contribution in [0.4, 0.5) is 0 Å². The van der Waals surface area contributed by atoms with Gasteiger partial charge in [0.25, 0.3) is 0 Å². The molecule has 0 saturated carbocycles. The Balaban J connectivity index is 2.45. The maximum atomic E-state index is 11.9. The molecule has 0 bridgehead atoms. The van der Waals surface area contributed by atoms with Gasteiger partial charge in [0.2, 0.25) is 5.91 Å². The molecule has 0 radical (unpaired) electrons. The van der Waals surface area contributed by atoms with Crippen molar-refractivity contribution >= 4 is 11.7 Å². The van der Waals surface area contributed by atoms with Crippen LogP contribution in [0.25, 0.3) is 0 Å². The topological polar surface area (TPSA) is 58.6 Å². The van der Waals surface area contributed by atoms with E-state index in [4.69, 9.17) is 4.74 Å². The normalized spacial score (nSPS) is 23.4. The molecule has 0 aromatic heterocycles. The summed E-state index contributed by atoms with van der Waals surface area (Å²) in [6.45, 7) is 7.26. The van der Waals surface area contributed by atoms with Gasteiger partial charge in [-0.3, -0.25) is 9.59 Å². The van der Waals surface area contributed by atoms with E-state index < -0.39 is 6.04 Å². The van der Waals surface area contributed by atoms with E-state index in [0.717, 1.165) is 19.4 Å². The number of nitrogens with zero attached hydrogens (tertiary/aromatic N) is 1. The van der Waals surface area contributed by atoms with Crippen molar-refractivity contribution in [1.82, 2.24) is 10.2 Å². The summed E-state index contributed by atoms with van der Waals surface area (Å²) in [6.07, 6.45) is 1.82. The van der Waals surface area contributed by atoms with E-state index in [1.54, 1.807) is 0 Å². The number of ether oxygens (including phenoxy) is 1. The molecule has 5 nitrogen and oxygen atoms in total. The van der Waals surface area contributed by atoms with Crippen LogP contribution in [0, 0.1) is 5.41 Å². The lowest BCUT2D eigenvalue weighted by Crippen LogP contribution is -2.45. The Morgan fingerprint density at radius 1 is 1.40 bits per heavy atom. The number of rotatable bonds is 6. The average molecular weight is 284 g/mol. The molecule has 0 aliphatic carbocycles. The predicted molar refractivity (Wildman–Crippen MR) is 78.5 cm³/mol. The molecule has 1 saturated heterocycles. The first-order valence-corrected chi connectivity index (χ1v) is 7.27. The zero-order valence-corrected chi connectivity index (χ0v) is 13.4. The van der Waals surface area contributed by atoms with Gasteiger partial charge in [-0.05, 0) is 32.4 Å². The zero-order valence-electron chi connectivity index (χ0n) is 13.4. The van der Waals surface area contributed by atoms with Crippen LogP contribution in [0.3, 0.4) is 0 Å². The van der Waals surface area contributed by atoms with Crippen LogP contribution in [0.2, 0.25) is 0 Å². The SMILES string of the molecule is CN(C)CCC1OCC(=O)C1NC(=O)CCC(C)(C)C. The third kappa shape index (κ3) is 6.01. The Kier molecular flexibility index (Phi) is 6.14. The van der Waals surface area contributed by atoms with E-state index in [1.807, 2.05) is 19.0 Å². The molecule has 116 valence electrons. The summed E-state index contributed by atoms with van der Waals surface area (Å²) in [5.74, 6) is -0.0727. The molecule has 0 aromatic rings. The van der Waals surface area contributed by atoms with Crippen molar-refractivity contribution in [2.45, 2.75) is 52.2 Å². The van der Waals surface area contributed by atoms with Crippen molar-refractivity contribution in [3.8, 4) is 0 Å². The third-order valence-electron chi connectivity index (χ3n) is 3.44. The Bertz CT molecular complexity index is 348. The fourth-order valence-corrected chi connectivity index (χ4v) is 2.13. The van der Waals surface area contributed by atoms with Gasteiger partial charge in [-0.2, -0.15) is 0 Å². The molecule has 2 atom stereocenters. The van der Waals surface area contributed by atoms with Gasteiger partial charge >= 0.3 is 0 Å². The molecule has 1 rings (SSSR count). The van der Waals surface area contributed by atoms with Gasteiger partial charge in [-0.1, -0.05) is 20.8 Å². The molecule has 2 unspecified atom stereocenters. The zero-order chi connectivity index (χ0) is 15.3. The smallest absolute Gasteiger partial charge is 0.220 e. The third-order valence-corrected chi connectivity index (χ3v) is 3.44. The maximum absolute atomic E-state index is 11.9. The number of hydrogen-bond donors (Lipinski definition) is 1. The highest BCUT2D eigenvalue weighted by atomic mass is 16.5.